The number of ether oxygens (including phenoxy) is 1. The first-order chi connectivity index (χ1) is 11.2. The van der Waals surface area contributed by atoms with E-state index in [1.54, 1.807) is 12.1 Å². The molecule has 2 rings (SSSR count). The molecule has 24 heavy (non-hydrogen) atoms. The lowest BCUT2D eigenvalue weighted by molar-refractivity contribution is -0.118. The third-order valence-corrected chi connectivity index (χ3v) is 4.78. The topological polar surface area (TPSA) is 72.5 Å². The monoisotopic (exact) mass is 347 g/mol. The lowest BCUT2D eigenvalue weighted by atomic mass is 10.1. The molecule has 0 saturated carbocycles. The molecule has 0 unspecified atom stereocenters. The highest BCUT2D eigenvalue weighted by molar-refractivity contribution is 7.90. The molecule has 2 aromatic rings. The van der Waals surface area contributed by atoms with E-state index >= 15 is 0 Å². The summed E-state index contributed by atoms with van der Waals surface area (Å²) in [6.07, 6.45) is 1.12. The Kier molecular flexibility index (Phi) is 5.29. The summed E-state index contributed by atoms with van der Waals surface area (Å²) in [7, 11) is -3.31. The number of benzene rings is 2. The third kappa shape index (κ3) is 4.58. The molecule has 1 amide bonds. The molecule has 0 atom stereocenters. The predicted molar refractivity (Wildman–Crippen MR) is 94.3 cm³/mol. The molecule has 5 nitrogen and oxygen atoms in total. The summed E-state index contributed by atoms with van der Waals surface area (Å²) in [5, 5.41) is 2.64. The van der Waals surface area contributed by atoms with Crippen LogP contribution in [0.4, 0.5) is 5.69 Å². The lowest BCUT2D eigenvalue weighted by Crippen LogP contribution is -2.20. The van der Waals surface area contributed by atoms with Crippen molar-refractivity contribution in [3.05, 3.63) is 53.1 Å². The molecule has 0 saturated heterocycles. The van der Waals surface area contributed by atoms with Gasteiger partial charge in [-0.05, 0) is 61.7 Å². The average molecular weight is 347 g/mol. The van der Waals surface area contributed by atoms with Crippen LogP contribution in [0, 0.1) is 20.8 Å². The maximum Gasteiger partial charge on any atom is 0.262 e. The Morgan fingerprint density at radius 3 is 2.50 bits per heavy atom. The maximum absolute atomic E-state index is 12.0. The van der Waals surface area contributed by atoms with Crippen LogP contribution in [-0.4, -0.2) is 27.2 Å². The quantitative estimate of drug-likeness (QED) is 0.902. The Morgan fingerprint density at radius 2 is 1.83 bits per heavy atom. The number of carbonyl (C=O) groups is 1. The number of rotatable bonds is 5. The highest BCUT2D eigenvalue weighted by Crippen LogP contribution is 2.23. The summed E-state index contributed by atoms with van der Waals surface area (Å²) in [5.74, 6) is 0.326. The summed E-state index contributed by atoms with van der Waals surface area (Å²) >= 11 is 0. The van der Waals surface area contributed by atoms with E-state index in [1.165, 1.54) is 12.1 Å². The number of hydrogen-bond acceptors (Lipinski definition) is 4. The van der Waals surface area contributed by atoms with E-state index in [0.717, 1.165) is 22.9 Å². The van der Waals surface area contributed by atoms with Gasteiger partial charge in [-0.15, -0.1) is 0 Å². The summed E-state index contributed by atoms with van der Waals surface area (Å²) in [5.41, 5.74) is 3.58. The first-order valence-corrected chi connectivity index (χ1v) is 9.36. The Bertz CT molecular complexity index is 873. The molecule has 0 aromatic heterocycles. The summed E-state index contributed by atoms with van der Waals surface area (Å²) in [6.45, 7) is 5.76. The zero-order chi connectivity index (χ0) is 17.9. The molecule has 128 valence electrons. The summed E-state index contributed by atoms with van der Waals surface area (Å²) in [4.78, 5) is 12.2. The normalized spacial score (nSPS) is 11.2. The van der Waals surface area contributed by atoms with Crippen LogP contribution in [-0.2, 0) is 14.6 Å². The fourth-order valence-electron chi connectivity index (χ4n) is 2.30. The average Bonchev–Trinajstić information content (AvgIpc) is 2.49. The van der Waals surface area contributed by atoms with Crippen molar-refractivity contribution in [2.45, 2.75) is 25.7 Å². The van der Waals surface area contributed by atoms with Crippen molar-refractivity contribution in [1.82, 2.24) is 0 Å². The molecule has 2 aromatic carbocycles. The minimum Gasteiger partial charge on any atom is -0.483 e. The van der Waals surface area contributed by atoms with Gasteiger partial charge in [-0.3, -0.25) is 4.79 Å². The van der Waals surface area contributed by atoms with Gasteiger partial charge in [0.25, 0.3) is 5.91 Å². The second-order valence-electron chi connectivity index (χ2n) is 5.84. The van der Waals surface area contributed by atoms with Gasteiger partial charge in [-0.2, -0.15) is 0 Å². The number of aryl methyl sites for hydroxylation is 2. The minimum atomic E-state index is -3.31. The number of sulfone groups is 1. The van der Waals surface area contributed by atoms with Crippen LogP contribution in [0.5, 0.6) is 5.75 Å². The van der Waals surface area contributed by atoms with E-state index in [2.05, 4.69) is 11.4 Å². The van der Waals surface area contributed by atoms with Crippen LogP contribution in [0.3, 0.4) is 0 Å². The highest BCUT2D eigenvalue weighted by Gasteiger charge is 2.10. The summed E-state index contributed by atoms with van der Waals surface area (Å²) in [6, 6.07) is 10.1. The summed E-state index contributed by atoms with van der Waals surface area (Å²) < 4.78 is 28.7. The number of nitrogens with one attached hydrogen (secondary N) is 1. The van der Waals surface area contributed by atoms with Gasteiger partial charge in [0.2, 0.25) is 0 Å². The molecular formula is C18H21NO4S. The van der Waals surface area contributed by atoms with Crippen LogP contribution >= 0.6 is 0 Å². The molecule has 0 aliphatic heterocycles. The van der Waals surface area contributed by atoms with Crippen molar-refractivity contribution in [3.8, 4) is 5.75 Å². The van der Waals surface area contributed by atoms with Crippen LogP contribution in [0.2, 0.25) is 0 Å². The van der Waals surface area contributed by atoms with Gasteiger partial charge in [-0.1, -0.05) is 12.1 Å². The molecule has 6 heteroatoms. The van der Waals surface area contributed by atoms with E-state index < -0.39 is 9.84 Å². The van der Waals surface area contributed by atoms with Crippen LogP contribution in [0.15, 0.2) is 41.3 Å². The molecule has 0 bridgehead atoms. The molecule has 0 fully saturated rings. The Labute approximate surface area is 142 Å². The highest BCUT2D eigenvalue weighted by atomic mass is 32.2. The van der Waals surface area contributed by atoms with E-state index in [0.29, 0.717) is 11.4 Å². The molecular weight excluding hydrogens is 326 g/mol. The molecule has 0 spiro atoms. The van der Waals surface area contributed by atoms with Crippen molar-refractivity contribution in [2.75, 3.05) is 18.2 Å². The van der Waals surface area contributed by atoms with Gasteiger partial charge in [0.1, 0.15) is 5.75 Å². The molecule has 0 aliphatic rings. The maximum atomic E-state index is 12.0. The first-order valence-electron chi connectivity index (χ1n) is 7.47. The molecule has 0 aliphatic carbocycles. The van der Waals surface area contributed by atoms with Gasteiger partial charge in [0.05, 0.1) is 4.90 Å². The second-order valence-corrected chi connectivity index (χ2v) is 7.86. The largest absolute Gasteiger partial charge is 0.483 e. The Balaban J connectivity index is 2.05. The molecule has 0 radical (unpaired) electrons. The van der Waals surface area contributed by atoms with E-state index in [4.69, 9.17) is 4.74 Å². The van der Waals surface area contributed by atoms with Crippen molar-refractivity contribution in [3.63, 3.8) is 0 Å². The fraction of sp³-hybridized carbons (Fsp3) is 0.278. The number of amides is 1. The van der Waals surface area contributed by atoms with Crippen molar-refractivity contribution in [2.24, 2.45) is 0 Å². The Hall–Kier alpha value is -2.34. The molecule has 1 N–H and O–H groups in total. The second kappa shape index (κ2) is 7.05. The Morgan fingerprint density at radius 1 is 1.12 bits per heavy atom. The fourth-order valence-corrected chi connectivity index (χ4v) is 2.96. The minimum absolute atomic E-state index is 0.146. The van der Waals surface area contributed by atoms with Crippen molar-refractivity contribution < 1.29 is 17.9 Å². The standard InChI is InChI=1S/C18H21NO4S/c1-12-8-13(2)14(3)17(9-12)23-11-18(20)19-15-6-5-7-16(10-15)24(4,21)22/h5-10H,11H2,1-4H3,(H,19,20). The smallest absolute Gasteiger partial charge is 0.262 e. The number of anilines is 1. The van der Waals surface area contributed by atoms with Crippen LogP contribution < -0.4 is 10.1 Å². The first kappa shape index (κ1) is 18.0. The third-order valence-electron chi connectivity index (χ3n) is 3.67. The van der Waals surface area contributed by atoms with Gasteiger partial charge in [-0.25, -0.2) is 8.42 Å². The SMILES string of the molecule is Cc1cc(C)c(C)c(OCC(=O)Nc2cccc(S(C)(=O)=O)c2)c1. The van der Waals surface area contributed by atoms with Gasteiger partial charge >= 0.3 is 0 Å². The van der Waals surface area contributed by atoms with E-state index in [9.17, 15) is 13.2 Å². The van der Waals surface area contributed by atoms with E-state index in [1.807, 2.05) is 26.8 Å². The lowest BCUT2D eigenvalue weighted by Gasteiger charge is -2.12. The number of hydrogen-bond donors (Lipinski definition) is 1. The zero-order valence-electron chi connectivity index (χ0n) is 14.2. The van der Waals surface area contributed by atoms with E-state index in [-0.39, 0.29) is 17.4 Å². The number of carbonyl (C=O) groups excluding carboxylic acids is 1. The molecule has 0 heterocycles. The van der Waals surface area contributed by atoms with Crippen molar-refractivity contribution >= 4 is 21.4 Å². The predicted octanol–water partition coefficient (Wildman–Crippen LogP) is 3.03. The zero-order valence-corrected chi connectivity index (χ0v) is 15.0. The van der Waals surface area contributed by atoms with Gasteiger partial charge in [0, 0.05) is 11.9 Å². The van der Waals surface area contributed by atoms with Crippen LogP contribution in [0.1, 0.15) is 16.7 Å². The van der Waals surface area contributed by atoms with Crippen molar-refractivity contribution in [1.29, 1.82) is 0 Å². The van der Waals surface area contributed by atoms with Gasteiger partial charge < -0.3 is 10.1 Å². The van der Waals surface area contributed by atoms with Crippen LogP contribution in [0.25, 0.3) is 0 Å². The van der Waals surface area contributed by atoms with Gasteiger partial charge in [0.15, 0.2) is 16.4 Å².